The number of carbonyl (C=O) groups is 1. The summed E-state index contributed by atoms with van der Waals surface area (Å²) < 4.78 is 33.1. The van der Waals surface area contributed by atoms with E-state index in [0.717, 1.165) is 36.6 Å². The summed E-state index contributed by atoms with van der Waals surface area (Å²) >= 11 is 3.50. The van der Waals surface area contributed by atoms with Crippen molar-refractivity contribution in [3.63, 3.8) is 0 Å². The van der Waals surface area contributed by atoms with Crippen LogP contribution >= 0.6 is 15.9 Å². The molecule has 0 aromatic carbocycles. The Balaban J connectivity index is 2.48. The largest absolute Gasteiger partial charge is 0.299 e. The quantitative estimate of drug-likeness (QED) is 0.752. The van der Waals surface area contributed by atoms with Crippen LogP contribution in [0, 0.1) is 11.3 Å². The molecule has 0 heterocycles. The van der Waals surface area contributed by atoms with E-state index in [2.05, 4.69) is 15.9 Å². The Morgan fingerprint density at radius 1 is 1.33 bits per heavy atom. The maximum atomic E-state index is 12.7. The molecule has 2 rings (SSSR count). The second-order valence-electron chi connectivity index (χ2n) is 5.88. The van der Waals surface area contributed by atoms with Crippen molar-refractivity contribution in [2.75, 3.05) is 0 Å². The average Bonchev–Trinajstić information content (AvgIpc) is 2.47. The monoisotopic (exact) mass is 376 g/mol. The van der Waals surface area contributed by atoms with Gasteiger partial charge >= 0.3 is 0 Å². The van der Waals surface area contributed by atoms with Gasteiger partial charge in [0.1, 0.15) is 5.78 Å². The number of hydrogen-bond donors (Lipinski definition) is 1. The third-order valence-electron chi connectivity index (χ3n) is 4.75. The number of carbonyl (C=O) groups excluding carboxylic acids is 1. The van der Waals surface area contributed by atoms with E-state index in [1.165, 1.54) is 6.08 Å². The van der Waals surface area contributed by atoms with Crippen molar-refractivity contribution < 1.29 is 17.8 Å². The summed E-state index contributed by atoms with van der Waals surface area (Å²) in [5.41, 5.74) is -0.824. The first-order valence-electron chi connectivity index (χ1n) is 7.40. The second kappa shape index (κ2) is 6.34. The van der Waals surface area contributed by atoms with Crippen LogP contribution in [0.15, 0.2) is 21.5 Å². The molecule has 6 heteroatoms. The van der Waals surface area contributed by atoms with Gasteiger partial charge in [0.25, 0.3) is 10.1 Å². The lowest BCUT2D eigenvalue weighted by molar-refractivity contribution is -0.129. The minimum absolute atomic E-state index is 0.0479. The summed E-state index contributed by atoms with van der Waals surface area (Å²) in [5.74, 6) is 0.182. The summed E-state index contributed by atoms with van der Waals surface area (Å²) in [4.78, 5) is 12.6. The molecule has 0 radical (unpaired) electrons. The zero-order chi connectivity index (χ0) is 15.7. The smallest absolute Gasteiger partial charge is 0.290 e. The number of allylic oxidation sites excluding steroid dienone is 4. The van der Waals surface area contributed by atoms with E-state index in [-0.39, 0.29) is 23.0 Å². The third-order valence-corrected chi connectivity index (χ3v) is 6.66. The van der Waals surface area contributed by atoms with E-state index in [0.29, 0.717) is 6.42 Å². The Morgan fingerprint density at radius 3 is 2.48 bits per heavy atom. The molecule has 1 saturated carbocycles. The molecule has 0 amide bonds. The van der Waals surface area contributed by atoms with Gasteiger partial charge in [0.2, 0.25) is 0 Å². The van der Waals surface area contributed by atoms with Gasteiger partial charge in [0.05, 0.1) is 10.3 Å². The Labute approximate surface area is 134 Å². The average molecular weight is 377 g/mol. The molecule has 1 N–H and O–H groups in total. The summed E-state index contributed by atoms with van der Waals surface area (Å²) in [5, 5.41) is 0. The lowest BCUT2D eigenvalue weighted by Gasteiger charge is -2.43. The first-order valence-corrected chi connectivity index (χ1v) is 9.63. The maximum Gasteiger partial charge on any atom is 0.290 e. The Morgan fingerprint density at radius 2 is 1.95 bits per heavy atom. The van der Waals surface area contributed by atoms with Crippen molar-refractivity contribution >= 4 is 31.8 Å². The molecule has 0 aliphatic heterocycles. The molecule has 1 atom stereocenters. The Kier molecular flexibility index (Phi) is 5.11. The van der Waals surface area contributed by atoms with Gasteiger partial charge in [-0.3, -0.25) is 9.35 Å². The van der Waals surface area contributed by atoms with Crippen LogP contribution in [0.25, 0.3) is 0 Å². The predicted molar refractivity (Wildman–Crippen MR) is 85.6 cm³/mol. The lowest BCUT2D eigenvalue weighted by atomic mass is 9.63. The van der Waals surface area contributed by atoms with Crippen molar-refractivity contribution in [1.82, 2.24) is 0 Å². The molecule has 0 aromatic rings. The number of halogens is 1. The summed E-state index contributed by atoms with van der Waals surface area (Å²) in [6, 6.07) is 0. The Bertz CT molecular complexity index is 585. The molecule has 2 aliphatic carbocycles. The van der Waals surface area contributed by atoms with Gasteiger partial charge in [0, 0.05) is 17.3 Å². The lowest BCUT2D eigenvalue weighted by Crippen LogP contribution is -2.42. The van der Waals surface area contributed by atoms with Crippen LogP contribution in [-0.4, -0.2) is 18.8 Å². The van der Waals surface area contributed by atoms with Crippen LogP contribution in [0.4, 0.5) is 0 Å². The zero-order valence-electron chi connectivity index (χ0n) is 12.1. The molecule has 0 spiro atoms. The van der Waals surface area contributed by atoms with Gasteiger partial charge in [-0.05, 0) is 30.9 Å². The van der Waals surface area contributed by atoms with Crippen LogP contribution in [0.5, 0.6) is 0 Å². The Hall–Kier alpha value is -0.460. The molecule has 118 valence electrons. The van der Waals surface area contributed by atoms with E-state index in [1.807, 2.05) is 0 Å². The predicted octanol–water partition coefficient (Wildman–Crippen LogP) is 3.99. The first kappa shape index (κ1) is 16.9. The van der Waals surface area contributed by atoms with Gasteiger partial charge in [0.15, 0.2) is 0 Å². The van der Waals surface area contributed by atoms with Gasteiger partial charge < -0.3 is 0 Å². The summed E-state index contributed by atoms with van der Waals surface area (Å²) in [7, 11) is -4.26. The van der Waals surface area contributed by atoms with E-state index < -0.39 is 15.5 Å². The topological polar surface area (TPSA) is 71.4 Å². The minimum atomic E-state index is -4.26. The highest BCUT2D eigenvalue weighted by Gasteiger charge is 2.49. The standard InChI is InChI=1S/C15H21BrO4S/c1-2-14(17)15(11-6-4-3-5-7-11)10-12(21(18,19)20)8-9-13(15)16/h8-9,11H,2-7,10H2,1H3,(H,18,19,20). The molecule has 1 fully saturated rings. The number of ketones is 1. The van der Waals surface area contributed by atoms with Crippen LogP contribution in [0.2, 0.25) is 0 Å². The van der Waals surface area contributed by atoms with Crippen molar-refractivity contribution in [2.24, 2.45) is 11.3 Å². The molecule has 0 saturated heterocycles. The molecule has 0 bridgehead atoms. The fraction of sp³-hybridized carbons (Fsp3) is 0.667. The van der Waals surface area contributed by atoms with Gasteiger partial charge in [-0.25, -0.2) is 0 Å². The fourth-order valence-electron chi connectivity index (χ4n) is 3.62. The minimum Gasteiger partial charge on any atom is -0.299 e. The molecular formula is C15H21BrO4S. The van der Waals surface area contributed by atoms with Crippen molar-refractivity contribution in [2.45, 2.75) is 51.9 Å². The molecule has 0 aromatic heterocycles. The first-order chi connectivity index (χ1) is 9.82. The third kappa shape index (κ3) is 3.17. The van der Waals surface area contributed by atoms with E-state index in [9.17, 15) is 17.8 Å². The van der Waals surface area contributed by atoms with Gasteiger partial charge in [-0.15, -0.1) is 0 Å². The molecule has 21 heavy (non-hydrogen) atoms. The van der Waals surface area contributed by atoms with Crippen LogP contribution < -0.4 is 0 Å². The molecule has 4 nitrogen and oxygen atoms in total. The second-order valence-corrected chi connectivity index (χ2v) is 8.21. The van der Waals surface area contributed by atoms with Gasteiger partial charge in [-0.2, -0.15) is 8.42 Å². The van der Waals surface area contributed by atoms with Crippen molar-refractivity contribution in [3.8, 4) is 0 Å². The zero-order valence-corrected chi connectivity index (χ0v) is 14.5. The van der Waals surface area contributed by atoms with Crippen LogP contribution in [0.1, 0.15) is 51.9 Å². The van der Waals surface area contributed by atoms with Crippen molar-refractivity contribution in [1.29, 1.82) is 0 Å². The fourth-order valence-corrected chi connectivity index (χ4v) is 5.09. The molecule has 1 unspecified atom stereocenters. The van der Waals surface area contributed by atoms with E-state index in [4.69, 9.17) is 0 Å². The normalized spacial score (nSPS) is 28.0. The van der Waals surface area contributed by atoms with E-state index >= 15 is 0 Å². The highest BCUT2D eigenvalue weighted by molar-refractivity contribution is 9.11. The maximum absolute atomic E-state index is 12.7. The van der Waals surface area contributed by atoms with Crippen LogP contribution in [-0.2, 0) is 14.9 Å². The molecular weight excluding hydrogens is 356 g/mol. The SMILES string of the molecule is CCC(=O)C1(C2CCCCC2)CC(S(=O)(=O)O)=CC=C1Br. The van der Waals surface area contributed by atoms with Gasteiger partial charge in [-0.1, -0.05) is 42.1 Å². The molecule has 2 aliphatic rings. The van der Waals surface area contributed by atoms with E-state index in [1.54, 1.807) is 13.0 Å². The number of Topliss-reactive ketones (excluding diaryl/α,β-unsaturated/α-hetero) is 1. The van der Waals surface area contributed by atoms with Crippen LogP contribution in [0.3, 0.4) is 0 Å². The highest BCUT2D eigenvalue weighted by atomic mass is 79.9. The van der Waals surface area contributed by atoms with Crippen molar-refractivity contribution in [3.05, 3.63) is 21.5 Å². The summed E-state index contributed by atoms with van der Waals surface area (Å²) in [6.07, 6.45) is 8.58. The highest BCUT2D eigenvalue weighted by Crippen LogP contribution is 2.53. The summed E-state index contributed by atoms with van der Waals surface area (Å²) in [6.45, 7) is 1.80. The number of rotatable bonds is 4. The number of hydrogen-bond acceptors (Lipinski definition) is 3.